The Labute approximate surface area is 123 Å². The highest BCUT2D eigenvalue weighted by Crippen LogP contribution is 2.27. The Balaban J connectivity index is 1.50. The number of hydrogen-bond acceptors (Lipinski definition) is 2. The van der Waals surface area contributed by atoms with E-state index in [2.05, 4.69) is 42.7 Å². The Hall–Kier alpha value is -1.02. The van der Waals surface area contributed by atoms with Crippen LogP contribution in [0.3, 0.4) is 0 Å². The highest BCUT2D eigenvalue weighted by atomic mass is 14.9. The van der Waals surface area contributed by atoms with Crippen molar-refractivity contribution in [2.45, 2.75) is 64.5 Å². The van der Waals surface area contributed by atoms with E-state index in [9.17, 15) is 0 Å². The molecule has 1 heterocycles. The van der Waals surface area contributed by atoms with Gasteiger partial charge in [-0.25, -0.2) is 0 Å². The quantitative estimate of drug-likeness (QED) is 0.872. The van der Waals surface area contributed by atoms with Crippen LogP contribution in [0.25, 0.3) is 0 Å². The molecule has 3 atom stereocenters. The Bertz CT molecular complexity index is 455. The van der Waals surface area contributed by atoms with Gasteiger partial charge in [-0.1, -0.05) is 31.9 Å². The van der Waals surface area contributed by atoms with Gasteiger partial charge >= 0.3 is 0 Å². The first-order valence-electron chi connectivity index (χ1n) is 8.34. The lowest BCUT2D eigenvalue weighted by molar-refractivity contribution is 0.282. The summed E-state index contributed by atoms with van der Waals surface area (Å²) in [4.78, 5) is 0. The largest absolute Gasteiger partial charge is 0.382 e. The molecular formula is C18H28N2. The van der Waals surface area contributed by atoms with E-state index in [4.69, 9.17) is 0 Å². The second-order valence-corrected chi connectivity index (χ2v) is 6.81. The minimum Gasteiger partial charge on any atom is -0.382 e. The van der Waals surface area contributed by atoms with Gasteiger partial charge in [0, 0.05) is 17.8 Å². The van der Waals surface area contributed by atoms with E-state index in [-0.39, 0.29) is 0 Å². The van der Waals surface area contributed by atoms with Gasteiger partial charge < -0.3 is 10.6 Å². The maximum Gasteiger partial charge on any atom is 0.0375 e. The predicted octanol–water partition coefficient (Wildman–Crippen LogP) is 3.75. The van der Waals surface area contributed by atoms with Gasteiger partial charge in [-0.05, 0) is 62.3 Å². The highest BCUT2D eigenvalue weighted by Gasteiger charge is 2.20. The van der Waals surface area contributed by atoms with Crippen molar-refractivity contribution in [2.24, 2.45) is 5.92 Å². The number of nitrogens with one attached hydrogen (secondary N) is 2. The molecule has 0 spiro atoms. The SMILES string of the molecule is CC1Cc2cc(CCNC3CCCCC3C)ccc2N1. The second kappa shape index (κ2) is 6.17. The van der Waals surface area contributed by atoms with E-state index in [1.54, 1.807) is 0 Å². The van der Waals surface area contributed by atoms with Gasteiger partial charge in [-0.2, -0.15) is 0 Å². The van der Waals surface area contributed by atoms with Crippen LogP contribution in [0.4, 0.5) is 5.69 Å². The van der Waals surface area contributed by atoms with Gasteiger partial charge in [0.1, 0.15) is 0 Å². The van der Waals surface area contributed by atoms with Crippen molar-refractivity contribution in [1.29, 1.82) is 0 Å². The van der Waals surface area contributed by atoms with Crippen molar-refractivity contribution < 1.29 is 0 Å². The number of benzene rings is 1. The molecule has 3 unspecified atom stereocenters. The number of anilines is 1. The molecule has 0 radical (unpaired) electrons. The first-order chi connectivity index (χ1) is 9.72. The Morgan fingerprint density at radius 2 is 2.05 bits per heavy atom. The molecular weight excluding hydrogens is 244 g/mol. The molecule has 0 aromatic heterocycles. The highest BCUT2D eigenvalue weighted by molar-refractivity contribution is 5.57. The molecule has 2 heteroatoms. The fraction of sp³-hybridized carbons (Fsp3) is 0.667. The van der Waals surface area contributed by atoms with Crippen molar-refractivity contribution in [3.05, 3.63) is 29.3 Å². The maximum atomic E-state index is 3.78. The molecule has 20 heavy (non-hydrogen) atoms. The van der Waals surface area contributed by atoms with E-state index >= 15 is 0 Å². The van der Waals surface area contributed by atoms with Crippen molar-refractivity contribution in [1.82, 2.24) is 5.32 Å². The number of hydrogen-bond donors (Lipinski definition) is 2. The summed E-state index contributed by atoms with van der Waals surface area (Å²) in [5.41, 5.74) is 4.33. The van der Waals surface area contributed by atoms with Crippen LogP contribution in [0.1, 0.15) is 50.7 Å². The zero-order valence-corrected chi connectivity index (χ0v) is 12.9. The van der Waals surface area contributed by atoms with E-state index in [1.807, 2.05) is 0 Å². The van der Waals surface area contributed by atoms with Crippen LogP contribution in [0.2, 0.25) is 0 Å². The molecule has 110 valence electrons. The second-order valence-electron chi connectivity index (χ2n) is 6.81. The van der Waals surface area contributed by atoms with E-state index in [1.165, 1.54) is 48.9 Å². The van der Waals surface area contributed by atoms with Crippen LogP contribution in [-0.4, -0.2) is 18.6 Å². The van der Waals surface area contributed by atoms with E-state index in [0.29, 0.717) is 6.04 Å². The molecule has 1 aliphatic heterocycles. The standard InChI is InChI=1S/C18H28N2/c1-13-5-3-4-6-17(13)19-10-9-15-7-8-18-16(12-15)11-14(2)20-18/h7-8,12-14,17,19-20H,3-6,9-11H2,1-2H3. The molecule has 3 rings (SSSR count). The molecule has 1 saturated carbocycles. The molecule has 0 saturated heterocycles. The lowest BCUT2D eigenvalue weighted by Crippen LogP contribution is -2.38. The summed E-state index contributed by atoms with van der Waals surface area (Å²) in [7, 11) is 0. The predicted molar refractivity (Wildman–Crippen MR) is 86.4 cm³/mol. The Kier molecular flexibility index (Phi) is 4.30. The van der Waals surface area contributed by atoms with Gasteiger partial charge in [0.15, 0.2) is 0 Å². The third kappa shape index (κ3) is 3.17. The molecule has 1 fully saturated rings. The summed E-state index contributed by atoms with van der Waals surface area (Å²) in [6.07, 6.45) is 7.94. The van der Waals surface area contributed by atoms with Crippen LogP contribution in [0, 0.1) is 5.92 Å². The average Bonchev–Trinajstić information content (AvgIpc) is 2.80. The van der Waals surface area contributed by atoms with Crippen LogP contribution in [0.5, 0.6) is 0 Å². The average molecular weight is 272 g/mol. The molecule has 1 aromatic carbocycles. The zero-order chi connectivity index (χ0) is 13.9. The van der Waals surface area contributed by atoms with Crippen LogP contribution in [0.15, 0.2) is 18.2 Å². The Morgan fingerprint density at radius 3 is 2.90 bits per heavy atom. The minimum atomic E-state index is 0.599. The van der Waals surface area contributed by atoms with E-state index in [0.717, 1.165) is 24.9 Å². The molecule has 2 N–H and O–H groups in total. The summed E-state index contributed by atoms with van der Waals surface area (Å²) in [5.74, 6) is 0.855. The molecule has 0 bridgehead atoms. The summed E-state index contributed by atoms with van der Waals surface area (Å²) in [6, 6.07) is 8.30. The van der Waals surface area contributed by atoms with Crippen LogP contribution >= 0.6 is 0 Å². The summed E-state index contributed by atoms with van der Waals surface area (Å²) < 4.78 is 0. The van der Waals surface area contributed by atoms with Crippen molar-refractivity contribution in [3.63, 3.8) is 0 Å². The first-order valence-corrected chi connectivity index (χ1v) is 8.34. The molecule has 2 aliphatic rings. The van der Waals surface area contributed by atoms with Crippen LogP contribution in [-0.2, 0) is 12.8 Å². The summed E-state index contributed by atoms with van der Waals surface area (Å²) >= 11 is 0. The lowest BCUT2D eigenvalue weighted by Gasteiger charge is -2.29. The van der Waals surface area contributed by atoms with Gasteiger partial charge in [0.05, 0.1) is 0 Å². The third-order valence-corrected chi connectivity index (χ3v) is 5.03. The first kappa shape index (κ1) is 13.9. The topological polar surface area (TPSA) is 24.1 Å². The molecule has 0 amide bonds. The zero-order valence-electron chi connectivity index (χ0n) is 12.9. The minimum absolute atomic E-state index is 0.599. The summed E-state index contributed by atoms with van der Waals surface area (Å²) in [6.45, 7) is 5.78. The van der Waals surface area contributed by atoms with Crippen LogP contribution < -0.4 is 10.6 Å². The van der Waals surface area contributed by atoms with Gasteiger partial charge in [-0.15, -0.1) is 0 Å². The third-order valence-electron chi connectivity index (χ3n) is 5.03. The smallest absolute Gasteiger partial charge is 0.0375 e. The van der Waals surface area contributed by atoms with Crippen molar-refractivity contribution in [2.75, 3.05) is 11.9 Å². The molecule has 1 aliphatic carbocycles. The Morgan fingerprint density at radius 1 is 1.20 bits per heavy atom. The maximum absolute atomic E-state index is 3.78. The van der Waals surface area contributed by atoms with Crippen molar-refractivity contribution in [3.8, 4) is 0 Å². The van der Waals surface area contributed by atoms with Crippen molar-refractivity contribution >= 4 is 5.69 Å². The normalized spacial score (nSPS) is 29.0. The number of fused-ring (bicyclic) bond motifs is 1. The summed E-state index contributed by atoms with van der Waals surface area (Å²) in [5, 5.41) is 7.30. The monoisotopic (exact) mass is 272 g/mol. The van der Waals surface area contributed by atoms with Gasteiger partial charge in [0.2, 0.25) is 0 Å². The van der Waals surface area contributed by atoms with Gasteiger partial charge in [0.25, 0.3) is 0 Å². The van der Waals surface area contributed by atoms with E-state index < -0.39 is 0 Å². The lowest BCUT2D eigenvalue weighted by atomic mass is 9.86. The fourth-order valence-corrected chi connectivity index (χ4v) is 3.78. The van der Waals surface area contributed by atoms with Gasteiger partial charge in [-0.3, -0.25) is 0 Å². The fourth-order valence-electron chi connectivity index (χ4n) is 3.78. The molecule has 2 nitrogen and oxygen atoms in total. The number of rotatable bonds is 4. The molecule has 1 aromatic rings.